The summed E-state index contributed by atoms with van der Waals surface area (Å²) in [6.07, 6.45) is 1.25. The number of carbonyl (C=O) groups excluding carboxylic acids is 1. The molecule has 0 aliphatic carbocycles. The topological polar surface area (TPSA) is 44.8 Å². The van der Waals surface area contributed by atoms with Gasteiger partial charge < -0.3 is 15.0 Å². The van der Waals surface area contributed by atoms with E-state index in [2.05, 4.69) is 28.1 Å². The number of fused-ring (bicyclic) bond motifs is 2. The van der Waals surface area contributed by atoms with Crippen molar-refractivity contribution >= 4 is 22.4 Å². The Kier molecular flexibility index (Phi) is 4.59. The summed E-state index contributed by atoms with van der Waals surface area (Å²) in [6, 6.07) is 12.7. The van der Waals surface area contributed by atoms with Crippen molar-refractivity contribution in [3.05, 3.63) is 42.0 Å². The van der Waals surface area contributed by atoms with Crippen molar-refractivity contribution in [1.82, 2.24) is 10.2 Å². The van der Waals surface area contributed by atoms with E-state index in [0.717, 1.165) is 48.1 Å². The van der Waals surface area contributed by atoms with E-state index in [1.54, 1.807) is 0 Å². The second-order valence-electron chi connectivity index (χ2n) is 7.73. The van der Waals surface area contributed by atoms with Gasteiger partial charge in [-0.25, -0.2) is 0 Å². The lowest BCUT2D eigenvalue weighted by Gasteiger charge is -2.33. The molecular formula is C21H27N3O2. The van der Waals surface area contributed by atoms with E-state index in [9.17, 15) is 4.79 Å². The van der Waals surface area contributed by atoms with E-state index in [0.29, 0.717) is 6.04 Å². The summed E-state index contributed by atoms with van der Waals surface area (Å²) in [6.45, 7) is 4.75. The summed E-state index contributed by atoms with van der Waals surface area (Å²) in [5.74, 6) is 0.0188. The van der Waals surface area contributed by atoms with Gasteiger partial charge in [0.15, 0.2) is 0 Å². The van der Waals surface area contributed by atoms with Crippen LogP contribution in [0.2, 0.25) is 0 Å². The predicted molar refractivity (Wildman–Crippen MR) is 105 cm³/mol. The third-order valence-corrected chi connectivity index (χ3v) is 5.56. The zero-order chi connectivity index (χ0) is 18.3. The summed E-state index contributed by atoms with van der Waals surface area (Å²) in [5, 5.41) is 5.37. The second-order valence-corrected chi connectivity index (χ2v) is 7.73. The van der Waals surface area contributed by atoms with Gasteiger partial charge in [0.05, 0.1) is 12.7 Å². The Morgan fingerprint density at radius 1 is 1.15 bits per heavy atom. The molecule has 0 aromatic heterocycles. The number of benzene rings is 2. The van der Waals surface area contributed by atoms with Crippen LogP contribution in [0.4, 0.5) is 5.69 Å². The molecule has 0 unspecified atom stereocenters. The van der Waals surface area contributed by atoms with Gasteiger partial charge in [-0.1, -0.05) is 24.3 Å². The second kappa shape index (κ2) is 6.89. The first-order valence-corrected chi connectivity index (χ1v) is 9.38. The first-order chi connectivity index (χ1) is 12.5. The van der Waals surface area contributed by atoms with Crippen molar-refractivity contribution in [2.75, 3.05) is 38.7 Å². The molecular weight excluding hydrogens is 326 g/mol. The molecule has 0 bridgehead atoms. The van der Waals surface area contributed by atoms with Gasteiger partial charge in [0.2, 0.25) is 0 Å². The van der Waals surface area contributed by atoms with Crippen molar-refractivity contribution < 1.29 is 9.53 Å². The number of carbonyl (C=O) groups is 1. The Bertz CT molecular complexity index is 820. The number of hydrogen-bond acceptors (Lipinski definition) is 4. The van der Waals surface area contributed by atoms with Crippen molar-refractivity contribution in [2.24, 2.45) is 0 Å². The van der Waals surface area contributed by atoms with E-state index in [-0.39, 0.29) is 18.1 Å². The quantitative estimate of drug-likeness (QED) is 0.921. The maximum atomic E-state index is 13.0. The molecule has 5 heteroatoms. The number of nitrogens with one attached hydrogen (secondary N) is 1. The Labute approximate surface area is 154 Å². The smallest absolute Gasteiger partial charge is 0.252 e. The fraction of sp³-hybridized carbons (Fsp3) is 0.476. The number of rotatable bonds is 3. The van der Waals surface area contributed by atoms with Gasteiger partial charge in [-0.15, -0.1) is 0 Å². The third kappa shape index (κ3) is 3.17. The van der Waals surface area contributed by atoms with Gasteiger partial charge in [-0.2, -0.15) is 0 Å². The Balaban J connectivity index is 1.55. The number of hydrogen-bond donors (Lipinski definition) is 1. The summed E-state index contributed by atoms with van der Waals surface area (Å²) in [7, 11) is 4.05. The van der Waals surface area contributed by atoms with Crippen LogP contribution in [0.25, 0.3) is 10.8 Å². The molecule has 26 heavy (non-hydrogen) atoms. The lowest BCUT2D eigenvalue weighted by Crippen LogP contribution is -2.45. The maximum absolute atomic E-state index is 13.0. The summed E-state index contributed by atoms with van der Waals surface area (Å²) >= 11 is 0. The molecule has 3 atom stereocenters. The standard InChI is InChI=1S/C21H27N3O2/c1-14-11-24-12-15(10-16(24)13-26-14)22-21(25)19-8-9-20(23(2)3)18-7-5-4-6-17(18)19/h4-9,14-16H,10-13H2,1-3H3,(H,22,25)/t14-,15-,16-/m0/s1. The monoisotopic (exact) mass is 353 g/mol. The molecule has 2 saturated heterocycles. The zero-order valence-corrected chi connectivity index (χ0v) is 15.7. The minimum absolute atomic E-state index is 0.0188. The largest absolute Gasteiger partial charge is 0.377 e. The number of morpholine rings is 1. The third-order valence-electron chi connectivity index (χ3n) is 5.56. The van der Waals surface area contributed by atoms with Crippen LogP contribution in [-0.4, -0.2) is 62.8 Å². The fourth-order valence-electron chi connectivity index (χ4n) is 4.28. The molecule has 2 aliphatic heterocycles. The molecule has 2 aromatic rings. The van der Waals surface area contributed by atoms with E-state index in [1.807, 2.05) is 44.4 Å². The molecule has 2 fully saturated rings. The van der Waals surface area contributed by atoms with Crippen LogP contribution >= 0.6 is 0 Å². The highest BCUT2D eigenvalue weighted by Crippen LogP contribution is 2.29. The van der Waals surface area contributed by atoms with Crippen LogP contribution in [0.3, 0.4) is 0 Å². The van der Waals surface area contributed by atoms with Gasteiger partial charge in [0.1, 0.15) is 0 Å². The SMILES string of the molecule is C[C@H]1CN2C[C@@H](NC(=O)c3ccc(N(C)C)c4ccccc34)C[C@H]2CO1. The van der Waals surface area contributed by atoms with E-state index >= 15 is 0 Å². The van der Waals surface area contributed by atoms with Crippen LogP contribution in [0.5, 0.6) is 0 Å². The molecule has 2 aromatic carbocycles. The summed E-state index contributed by atoms with van der Waals surface area (Å²) in [4.78, 5) is 17.5. The van der Waals surface area contributed by atoms with Gasteiger partial charge in [0.25, 0.3) is 5.91 Å². The molecule has 1 N–H and O–H groups in total. The number of ether oxygens (including phenoxy) is 1. The molecule has 0 radical (unpaired) electrons. The number of anilines is 1. The molecule has 2 aliphatic rings. The lowest BCUT2D eigenvalue weighted by atomic mass is 10.0. The van der Waals surface area contributed by atoms with Crippen molar-refractivity contribution in [1.29, 1.82) is 0 Å². The van der Waals surface area contributed by atoms with E-state index in [4.69, 9.17) is 4.74 Å². The van der Waals surface area contributed by atoms with E-state index in [1.165, 1.54) is 0 Å². The average Bonchev–Trinajstić information content (AvgIpc) is 3.01. The summed E-state index contributed by atoms with van der Waals surface area (Å²) < 4.78 is 5.76. The van der Waals surface area contributed by atoms with Gasteiger partial charge in [-0.3, -0.25) is 9.69 Å². The summed E-state index contributed by atoms with van der Waals surface area (Å²) in [5.41, 5.74) is 1.88. The van der Waals surface area contributed by atoms with Crippen LogP contribution in [0, 0.1) is 0 Å². The van der Waals surface area contributed by atoms with Crippen LogP contribution < -0.4 is 10.2 Å². The van der Waals surface area contributed by atoms with Gasteiger partial charge in [-0.05, 0) is 30.9 Å². The van der Waals surface area contributed by atoms with Gasteiger partial charge in [0, 0.05) is 55.9 Å². The zero-order valence-electron chi connectivity index (χ0n) is 15.7. The average molecular weight is 353 g/mol. The highest BCUT2D eigenvalue weighted by Gasteiger charge is 2.36. The molecule has 0 saturated carbocycles. The molecule has 2 heterocycles. The molecule has 0 spiro atoms. The first kappa shape index (κ1) is 17.3. The molecule has 5 nitrogen and oxygen atoms in total. The van der Waals surface area contributed by atoms with Gasteiger partial charge >= 0.3 is 0 Å². The normalized spacial score (nSPS) is 25.9. The first-order valence-electron chi connectivity index (χ1n) is 9.38. The Morgan fingerprint density at radius 2 is 1.92 bits per heavy atom. The Morgan fingerprint density at radius 3 is 2.69 bits per heavy atom. The lowest BCUT2D eigenvalue weighted by molar-refractivity contribution is -0.0390. The highest BCUT2D eigenvalue weighted by molar-refractivity contribution is 6.10. The number of amides is 1. The minimum atomic E-state index is 0.0188. The van der Waals surface area contributed by atoms with Crippen molar-refractivity contribution in [3.8, 4) is 0 Å². The Hall–Kier alpha value is -2.11. The van der Waals surface area contributed by atoms with Crippen molar-refractivity contribution in [2.45, 2.75) is 31.5 Å². The molecule has 1 amide bonds. The van der Waals surface area contributed by atoms with Crippen LogP contribution in [-0.2, 0) is 4.74 Å². The molecule has 4 rings (SSSR count). The predicted octanol–water partition coefficient (Wildman–Crippen LogP) is 2.50. The molecule has 138 valence electrons. The fourth-order valence-corrected chi connectivity index (χ4v) is 4.28. The van der Waals surface area contributed by atoms with Crippen LogP contribution in [0.1, 0.15) is 23.7 Å². The van der Waals surface area contributed by atoms with Crippen molar-refractivity contribution in [3.63, 3.8) is 0 Å². The maximum Gasteiger partial charge on any atom is 0.252 e. The van der Waals surface area contributed by atoms with E-state index < -0.39 is 0 Å². The van der Waals surface area contributed by atoms with Crippen LogP contribution in [0.15, 0.2) is 36.4 Å². The highest BCUT2D eigenvalue weighted by atomic mass is 16.5. The minimum Gasteiger partial charge on any atom is -0.377 e. The number of nitrogens with zero attached hydrogens (tertiary/aromatic N) is 2.